The molecule has 1 aliphatic rings. The van der Waals surface area contributed by atoms with Crippen molar-refractivity contribution < 1.29 is 9.18 Å². The van der Waals surface area contributed by atoms with Gasteiger partial charge in [0.25, 0.3) is 0 Å². The summed E-state index contributed by atoms with van der Waals surface area (Å²) >= 11 is 3.21. The van der Waals surface area contributed by atoms with Gasteiger partial charge in [0.05, 0.1) is 4.47 Å². The molecule has 3 heteroatoms. The van der Waals surface area contributed by atoms with Gasteiger partial charge in [0.2, 0.25) is 0 Å². The lowest BCUT2D eigenvalue weighted by Gasteiger charge is -2.03. The normalized spacial score (nSPS) is 24.8. The first-order chi connectivity index (χ1) is 6.61. The van der Waals surface area contributed by atoms with E-state index in [2.05, 4.69) is 15.9 Å². The Labute approximate surface area is 90.4 Å². The molecule has 0 heterocycles. The average molecular weight is 257 g/mol. The molecule has 0 saturated heterocycles. The zero-order valence-corrected chi connectivity index (χ0v) is 9.34. The summed E-state index contributed by atoms with van der Waals surface area (Å²) in [6, 6.07) is 4.98. The van der Waals surface area contributed by atoms with Crippen LogP contribution in [-0.2, 0) is 4.79 Å². The molecule has 1 saturated carbocycles. The van der Waals surface area contributed by atoms with Gasteiger partial charge in [0.15, 0.2) is 0 Å². The van der Waals surface area contributed by atoms with Crippen molar-refractivity contribution in [2.45, 2.75) is 19.3 Å². The predicted molar refractivity (Wildman–Crippen MR) is 55.6 cm³/mol. The number of rotatable bonds is 2. The van der Waals surface area contributed by atoms with Crippen LogP contribution in [0.2, 0.25) is 0 Å². The standard InChI is InChI=1S/C11H10BrFO/c1-6(14)8-5-9(8)7-3-2-4-10(13)11(7)12/h2-4,8-9H,5H2,1H3. The molecular formula is C11H10BrFO. The molecule has 74 valence electrons. The van der Waals surface area contributed by atoms with Gasteiger partial charge in [-0.25, -0.2) is 4.39 Å². The van der Waals surface area contributed by atoms with Crippen molar-refractivity contribution in [3.63, 3.8) is 0 Å². The third-order valence-corrected chi connectivity index (χ3v) is 3.53. The van der Waals surface area contributed by atoms with E-state index in [4.69, 9.17) is 0 Å². The second-order valence-corrected chi connectivity index (χ2v) is 4.50. The Bertz CT molecular complexity index is 389. The minimum Gasteiger partial charge on any atom is -0.300 e. The van der Waals surface area contributed by atoms with Crippen LogP contribution in [-0.4, -0.2) is 5.78 Å². The number of carbonyl (C=O) groups excluding carboxylic acids is 1. The van der Waals surface area contributed by atoms with E-state index in [0.29, 0.717) is 4.47 Å². The molecule has 0 aliphatic heterocycles. The summed E-state index contributed by atoms with van der Waals surface area (Å²) in [5.74, 6) is 0.272. The number of hydrogen-bond acceptors (Lipinski definition) is 1. The third kappa shape index (κ3) is 1.61. The van der Waals surface area contributed by atoms with Crippen LogP contribution in [0.1, 0.15) is 24.8 Å². The van der Waals surface area contributed by atoms with Crippen LogP contribution in [0.25, 0.3) is 0 Å². The van der Waals surface area contributed by atoms with Crippen LogP contribution >= 0.6 is 15.9 Å². The summed E-state index contributed by atoms with van der Waals surface area (Å²) in [6.07, 6.45) is 0.859. The highest BCUT2D eigenvalue weighted by Gasteiger charge is 2.42. The van der Waals surface area contributed by atoms with E-state index in [1.54, 1.807) is 13.0 Å². The number of Topliss-reactive ketones (excluding diaryl/α,β-unsaturated/α-hetero) is 1. The lowest BCUT2D eigenvalue weighted by molar-refractivity contribution is -0.118. The molecule has 14 heavy (non-hydrogen) atoms. The molecule has 0 aromatic heterocycles. The first-order valence-electron chi connectivity index (χ1n) is 4.55. The van der Waals surface area contributed by atoms with Crippen molar-refractivity contribution in [2.24, 2.45) is 5.92 Å². The largest absolute Gasteiger partial charge is 0.300 e. The van der Waals surface area contributed by atoms with Crippen LogP contribution in [0.3, 0.4) is 0 Å². The molecule has 0 amide bonds. The minimum absolute atomic E-state index is 0.105. The minimum atomic E-state index is -0.253. The maximum Gasteiger partial charge on any atom is 0.137 e. The Morgan fingerprint density at radius 3 is 2.86 bits per heavy atom. The number of hydrogen-bond donors (Lipinski definition) is 0. The number of halogens is 2. The number of ketones is 1. The fourth-order valence-corrected chi connectivity index (χ4v) is 2.35. The third-order valence-electron chi connectivity index (χ3n) is 2.69. The quantitative estimate of drug-likeness (QED) is 0.794. The monoisotopic (exact) mass is 256 g/mol. The molecule has 0 N–H and O–H groups in total. The Kier molecular flexibility index (Phi) is 2.43. The van der Waals surface area contributed by atoms with Gasteiger partial charge >= 0.3 is 0 Å². The first kappa shape index (κ1) is 9.84. The maximum absolute atomic E-state index is 13.2. The summed E-state index contributed by atoms with van der Waals surface area (Å²) in [7, 11) is 0. The summed E-state index contributed by atoms with van der Waals surface area (Å²) < 4.78 is 13.7. The van der Waals surface area contributed by atoms with Crippen LogP contribution in [0.4, 0.5) is 4.39 Å². The van der Waals surface area contributed by atoms with E-state index in [1.807, 2.05) is 6.07 Å². The maximum atomic E-state index is 13.2. The smallest absolute Gasteiger partial charge is 0.137 e. The van der Waals surface area contributed by atoms with Gasteiger partial charge in [-0.3, -0.25) is 4.79 Å². The fourth-order valence-electron chi connectivity index (χ4n) is 1.79. The molecule has 1 aliphatic carbocycles. The molecule has 2 unspecified atom stereocenters. The van der Waals surface area contributed by atoms with E-state index in [0.717, 1.165) is 12.0 Å². The highest BCUT2D eigenvalue weighted by molar-refractivity contribution is 9.10. The molecule has 0 radical (unpaired) electrons. The Morgan fingerprint density at radius 2 is 2.29 bits per heavy atom. The van der Waals surface area contributed by atoms with Gasteiger partial charge in [-0.2, -0.15) is 0 Å². The van der Waals surface area contributed by atoms with E-state index >= 15 is 0 Å². The fraction of sp³-hybridized carbons (Fsp3) is 0.364. The van der Waals surface area contributed by atoms with E-state index in [-0.39, 0.29) is 23.4 Å². The Balaban J connectivity index is 2.27. The number of carbonyl (C=O) groups is 1. The van der Waals surface area contributed by atoms with Gasteiger partial charge in [-0.15, -0.1) is 0 Å². The molecule has 1 aromatic rings. The van der Waals surface area contributed by atoms with Gasteiger partial charge in [-0.05, 0) is 46.8 Å². The summed E-state index contributed by atoms with van der Waals surface area (Å²) in [5.41, 5.74) is 0.921. The average Bonchev–Trinajstić information content (AvgIpc) is 2.89. The first-order valence-corrected chi connectivity index (χ1v) is 5.35. The van der Waals surface area contributed by atoms with Crippen molar-refractivity contribution in [2.75, 3.05) is 0 Å². The van der Waals surface area contributed by atoms with Crippen LogP contribution in [0.15, 0.2) is 22.7 Å². The molecular weight excluding hydrogens is 247 g/mol. The highest BCUT2D eigenvalue weighted by Crippen LogP contribution is 2.50. The van der Waals surface area contributed by atoms with Crippen LogP contribution < -0.4 is 0 Å². The SMILES string of the molecule is CC(=O)C1CC1c1cccc(F)c1Br. The second kappa shape index (κ2) is 3.46. The highest BCUT2D eigenvalue weighted by atomic mass is 79.9. The van der Waals surface area contributed by atoms with Gasteiger partial charge in [0, 0.05) is 5.92 Å². The molecule has 1 fully saturated rings. The summed E-state index contributed by atoms with van der Waals surface area (Å²) in [4.78, 5) is 11.1. The van der Waals surface area contributed by atoms with E-state index < -0.39 is 0 Å². The second-order valence-electron chi connectivity index (χ2n) is 3.70. The molecule has 0 bridgehead atoms. The predicted octanol–water partition coefficient (Wildman–Crippen LogP) is 3.28. The molecule has 0 spiro atoms. The van der Waals surface area contributed by atoms with Crippen molar-refractivity contribution >= 4 is 21.7 Å². The Hall–Kier alpha value is -0.700. The molecule has 2 rings (SSSR count). The zero-order valence-electron chi connectivity index (χ0n) is 7.76. The van der Waals surface area contributed by atoms with Gasteiger partial charge in [0.1, 0.15) is 11.6 Å². The van der Waals surface area contributed by atoms with E-state index in [9.17, 15) is 9.18 Å². The summed E-state index contributed by atoms with van der Waals surface area (Å²) in [6.45, 7) is 1.60. The van der Waals surface area contributed by atoms with Crippen molar-refractivity contribution in [3.8, 4) is 0 Å². The van der Waals surface area contributed by atoms with Gasteiger partial charge < -0.3 is 0 Å². The Morgan fingerprint density at radius 1 is 1.57 bits per heavy atom. The van der Waals surface area contributed by atoms with Crippen molar-refractivity contribution in [1.82, 2.24) is 0 Å². The topological polar surface area (TPSA) is 17.1 Å². The van der Waals surface area contributed by atoms with Crippen molar-refractivity contribution in [3.05, 3.63) is 34.1 Å². The van der Waals surface area contributed by atoms with Crippen LogP contribution in [0, 0.1) is 11.7 Å². The summed E-state index contributed by atoms with van der Waals surface area (Å²) in [5, 5.41) is 0. The van der Waals surface area contributed by atoms with Crippen LogP contribution in [0.5, 0.6) is 0 Å². The lowest BCUT2D eigenvalue weighted by Crippen LogP contribution is -1.96. The molecule has 2 atom stereocenters. The zero-order chi connectivity index (χ0) is 10.3. The lowest BCUT2D eigenvalue weighted by atomic mass is 10.1. The van der Waals surface area contributed by atoms with Gasteiger partial charge in [-0.1, -0.05) is 12.1 Å². The van der Waals surface area contributed by atoms with E-state index in [1.165, 1.54) is 6.07 Å². The molecule has 1 aromatic carbocycles. The molecule has 1 nitrogen and oxygen atoms in total. The van der Waals surface area contributed by atoms with Crippen molar-refractivity contribution in [1.29, 1.82) is 0 Å². The number of benzene rings is 1.